The summed E-state index contributed by atoms with van der Waals surface area (Å²) in [7, 11) is 1.68. The quantitative estimate of drug-likeness (QED) is 0.119. The van der Waals surface area contributed by atoms with Crippen molar-refractivity contribution in [1.29, 1.82) is 0 Å². The van der Waals surface area contributed by atoms with Crippen molar-refractivity contribution >= 4 is 0 Å². The van der Waals surface area contributed by atoms with Crippen LogP contribution in [-0.4, -0.2) is 52.2 Å². The number of benzene rings is 6. The zero-order valence-electron chi connectivity index (χ0n) is 38.0. The highest BCUT2D eigenvalue weighted by molar-refractivity contribution is 5.78. The average molecular weight is 869 g/mol. The minimum absolute atomic E-state index is 0.254. The third kappa shape index (κ3) is 9.07. The number of aromatic amines is 2. The SMILES string of the molecule is CCn1nc(-c2ccc(C)cc2)cc1-c1cccc(-c2cc(-c3ccc(O)cc3)nn2CC)c1.COc1cc(-c2cc(-c3ccccc3C)[nH]n2)cc(-c2cc(-c3ccccc3C)[nH]n2)c1. The Hall–Kier alpha value is -8.24. The molecule has 0 fully saturated rings. The van der Waals surface area contributed by atoms with Crippen LogP contribution in [0.4, 0.5) is 0 Å². The van der Waals surface area contributed by atoms with E-state index in [1.54, 1.807) is 19.2 Å². The van der Waals surface area contributed by atoms with Gasteiger partial charge in [-0.25, -0.2) is 0 Å². The van der Waals surface area contributed by atoms with Gasteiger partial charge in [0, 0.05) is 57.6 Å². The number of methoxy groups -OCH3 is 1. The lowest BCUT2D eigenvalue weighted by molar-refractivity contribution is 0.415. The number of phenolic OH excluding ortho intramolecular Hbond substituents is 1. The van der Waals surface area contributed by atoms with E-state index in [9.17, 15) is 5.11 Å². The van der Waals surface area contributed by atoms with E-state index in [4.69, 9.17) is 14.9 Å². The second-order valence-corrected chi connectivity index (χ2v) is 16.4. The highest BCUT2D eigenvalue weighted by atomic mass is 16.5. The lowest BCUT2D eigenvalue weighted by Gasteiger charge is -2.08. The van der Waals surface area contributed by atoms with E-state index in [1.807, 2.05) is 53.2 Å². The molecule has 3 N–H and O–H groups in total. The molecule has 0 saturated carbocycles. The van der Waals surface area contributed by atoms with Gasteiger partial charge in [-0.3, -0.25) is 19.6 Å². The molecule has 6 aromatic carbocycles. The average Bonchev–Trinajstić information content (AvgIpc) is 4.20. The van der Waals surface area contributed by atoms with E-state index in [0.717, 1.165) is 109 Å². The smallest absolute Gasteiger partial charge is 0.120 e. The Morgan fingerprint density at radius 1 is 0.470 bits per heavy atom. The molecule has 10 rings (SSSR count). The number of phenols is 1. The lowest BCUT2D eigenvalue weighted by Crippen LogP contribution is -2.01. The Kier molecular flexibility index (Phi) is 12.3. The van der Waals surface area contributed by atoms with Crippen molar-refractivity contribution in [2.75, 3.05) is 7.11 Å². The third-order valence-corrected chi connectivity index (χ3v) is 11.9. The summed E-state index contributed by atoms with van der Waals surface area (Å²) in [5, 5.41) is 34.8. The largest absolute Gasteiger partial charge is 0.508 e. The van der Waals surface area contributed by atoms with E-state index >= 15 is 0 Å². The second-order valence-electron chi connectivity index (χ2n) is 16.4. The molecule has 0 saturated heterocycles. The molecular formula is C56H52N8O2. The predicted octanol–water partition coefficient (Wildman–Crippen LogP) is 13.2. The van der Waals surface area contributed by atoms with Crippen LogP contribution in [-0.2, 0) is 13.1 Å². The van der Waals surface area contributed by atoms with Gasteiger partial charge in [-0.1, -0.05) is 96.6 Å². The summed E-state index contributed by atoms with van der Waals surface area (Å²) in [6, 6.07) is 55.3. The second kappa shape index (κ2) is 18.8. The van der Waals surface area contributed by atoms with E-state index < -0.39 is 0 Å². The van der Waals surface area contributed by atoms with Crippen LogP contribution in [0.2, 0.25) is 0 Å². The highest BCUT2D eigenvalue weighted by Crippen LogP contribution is 2.35. The number of hydrogen-bond acceptors (Lipinski definition) is 6. The van der Waals surface area contributed by atoms with Crippen LogP contribution < -0.4 is 4.74 Å². The first kappa shape index (κ1) is 43.0. The number of hydrogen-bond donors (Lipinski definition) is 3. The number of aryl methyl sites for hydroxylation is 5. The van der Waals surface area contributed by atoms with Gasteiger partial charge >= 0.3 is 0 Å². The number of rotatable bonds is 11. The first-order chi connectivity index (χ1) is 32.2. The van der Waals surface area contributed by atoms with Crippen LogP contribution in [0.3, 0.4) is 0 Å². The van der Waals surface area contributed by atoms with Gasteiger partial charge in [0.05, 0.1) is 52.7 Å². The van der Waals surface area contributed by atoms with Crippen LogP contribution in [0.15, 0.2) is 164 Å². The molecule has 0 bridgehead atoms. The van der Waals surface area contributed by atoms with Gasteiger partial charge in [-0.15, -0.1) is 0 Å². The fraction of sp³-hybridized carbons (Fsp3) is 0.143. The van der Waals surface area contributed by atoms with Crippen LogP contribution in [0.5, 0.6) is 11.5 Å². The van der Waals surface area contributed by atoms with Crippen LogP contribution in [0.1, 0.15) is 30.5 Å². The molecule has 0 aliphatic heterocycles. The summed E-state index contributed by atoms with van der Waals surface area (Å²) >= 11 is 0. The van der Waals surface area contributed by atoms with Crippen molar-refractivity contribution in [3.8, 4) is 102 Å². The fourth-order valence-corrected chi connectivity index (χ4v) is 8.23. The normalized spacial score (nSPS) is 11.1. The number of nitrogens with zero attached hydrogens (tertiary/aromatic N) is 6. The van der Waals surface area contributed by atoms with Gasteiger partial charge in [0.2, 0.25) is 0 Å². The molecule has 0 radical (unpaired) electrons. The molecule has 10 nitrogen and oxygen atoms in total. The van der Waals surface area contributed by atoms with Crippen molar-refractivity contribution in [2.45, 2.75) is 47.7 Å². The maximum absolute atomic E-state index is 9.62. The fourth-order valence-electron chi connectivity index (χ4n) is 8.23. The van der Waals surface area contributed by atoms with Crippen molar-refractivity contribution in [3.05, 3.63) is 180 Å². The number of H-pyrrole nitrogens is 2. The van der Waals surface area contributed by atoms with E-state index in [1.165, 1.54) is 16.7 Å². The van der Waals surface area contributed by atoms with Gasteiger partial charge < -0.3 is 9.84 Å². The summed E-state index contributed by atoms with van der Waals surface area (Å²) in [6.45, 7) is 12.1. The Morgan fingerprint density at radius 2 is 0.924 bits per heavy atom. The molecule has 4 heterocycles. The number of nitrogens with one attached hydrogen (secondary N) is 2. The Labute approximate surface area is 385 Å². The first-order valence-corrected chi connectivity index (χ1v) is 22.2. The minimum Gasteiger partial charge on any atom is -0.508 e. The monoisotopic (exact) mass is 868 g/mol. The van der Waals surface area contributed by atoms with Gasteiger partial charge in [0.25, 0.3) is 0 Å². The van der Waals surface area contributed by atoms with Gasteiger partial charge in [-0.2, -0.15) is 20.4 Å². The number of aromatic nitrogens is 8. The van der Waals surface area contributed by atoms with E-state index in [2.05, 4.69) is 163 Å². The summed E-state index contributed by atoms with van der Waals surface area (Å²) in [4.78, 5) is 0. The standard InChI is InChI=1S/C29H28N4O.C27H24N4O/c1-4-32-28(18-26(30-32)21-11-9-20(3)10-12-21)23-7-6-8-24(17-23)29-19-27(31-33(29)5-2)22-13-15-25(34)16-14-22;1-17-8-4-6-10-22(17)26-15-24(28-30-26)19-12-20(14-21(13-19)32-3)25-16-27(31-29-25)23-11-7-5-9-18(23)2/h6-19,34H,4-5H2,1-3H3;4-16H,1-3H3,(H,28,30)(H,29,31). The van der Waals surface area contributed by atoms with Crippen LogP contribution >= 0.6 is 0 Å². The molecule has 0 amide bonds. The molecule has 0 atom stereocenters. The van der Waals surface area contributed by atoms with Gasteiger partial charge in [-0.05, 0) is 119 Å². The molecule has 0 unspecified atom stereocenters. The van der Waals surface area contributed by atoms with Crippen molar-refractivity contribution in [2.24, 2.45) is 0 Å². The minimum atomic E-state index is 0.254. The summed E-state index contributed by atoms with van der Waals surface area (Å²) in [6.07, 6.45) is 0. The van der Waals surface area contributed by atoms with Crippen molar-refractivity contribution < 1.29 is 9.84 Å². The molecule has 0 aliphatic carbocycles. The van der Waals surface area contributed by atoms with Crippen LogP contribution in [0, 0.1) is 20.8 Å². The molecular weight excluding hydrogens is 817 g/mol. The Bertz CT molecular complexity index is 3050. The van der Waals surface area contributed by atoms with E-state index in [-0.39, 0.29) is 5.75 Å². The molecule has 4 aromatic heterocycles. The molecule has 0 aliphatic rings. The molecule has 328 valence electrons. The molecule has 66 heavy (non-hydrogen) atoms. The number of aromatic hydroxyl groups is 1. The predicted molar refractivity (Wildman–Crippen MR) is 266 cm³/mol. The Balaban J connectivity index is 0.000000166. The maximum atomic E-state index is 9.62. The van der Waals surface area contributed by atoms with Crippen LogP contribution in [0.25, 0.3) is 90.1 Å². The first-order valence-electron chi connectivity index (χ1n) is 22.2. The third-order valence-electron chi connectivity index (χ3n) is 11.9. The Morgan fingerprint density at radius 3 is 1.38 bits per heavy atom. The van der Waals surface area contributed by atoms with E-state index in [0.29, 0.717) is 0 Å². The molecule has 10 heteroatoms. The summed E-state index contributed by atoms with van der Waals surface area (Å²) < 4.78 is 9.67. The molecule has 10 aromatic rings. The zero-order valence-corrected chi connectivity index (χ0v) is 38.0. The van der Waals surface area contributed by atoms with Crippen molar-refractivity contribution in [1.82, 2.24) is 40.0 Å². The highest BCUT2D eigenvalue weighted by Gasteiger charge is 2.16. The van der Waals surface area contributed by atoms with Crippen molar-refractivity contribution in [3.63, 3.8) is 0 Å². The maximum Gasteiger partial charge on any atom is 0.120 e. The zero-order chi connectivity index (χ0) is 45.7. The summed E-state index contributed by atoms with van der Waals surface area (Å²) in [5.74, 6) is 1.02. The van der Waals surface area contributed by atoms with Gasteiger partial charge in [0.15, 0.2) is 0 Å². The topological polar surface area (TPSA) is 122 Å². The number of ether oxygens (including phenoxy) is 1. The van der Waals surface area contributed by atoms with Gasteiger partial charge in [0.1, 0.15) is 11.5 Å². The lowest BCUT2D eigenvalue weighted by atomic mass is 10.0. The summed E-state index contributed by atoms with van der Waals surface area (Å²) in [5.41, 5.74) is 19.9. The molecule has 0 spiro atoms.